The first-order valence-corrected chi connectivity index (χ1v) is 12.6. The number of phenols is 1. The van der Waals surface area contributed by atoms with Crippen molar-refractivity contribution in [2.45, 2.75) is 55.2 Å². The van der Waals surface area contributed by atoms with E-state index in [1.165, 1.54) is 37.5 Å². The number of sulfonamides is 1. The maximum absolute atomic E-state index is 12.3. The average Bonchev–Trinajstić information content (AvgIpc) is 3.24. The molecule has 3 rings (SSSR count). The number of aromatic hydroxyl groups is 1. The number of benzene rings is 1. The predicted molar refractivity (Wildman–Crippen MR) is 118 cm³/mol. The second-order valence-corrected chi connectivity index (χ2v) is 10.3. The summed E-state index contributed by atoms with van der Waals surface area (Å²) in [5, 5.41) is 14.7. The Hall–Kier alpha value is -2.59. The third-order valence-corrected chi connectivity index (χ3v) is 7.81. The summed E-state index contributed by atoms with van der Waals surface area (Å²) in [4.78, 5) is 24.4. The van der Waals surface area contributed by atoms with Crippen molar-refractivity contribution in [1.82, 2.24) is 5.32 Å². The number of carbonyl (C=O) groups is 2. The Labute approximate surface area is 185 Å². The van der Waals surface area contributed by atoms with E-state index in [-0.39, 0.29) is 27.4 Å². The Morgan fingerprint density at radius 2 is 1.81 bits per heavy atom. The van der Waals surface area contributed by atoms with Crippen molar-refractivity contribution in [2.24, 2.45) is 0 Å². The summed E-state index contributed by atoms with van der Waals surface area (Å²) in [5.74, 6) is -1.69. The minimum Gasteiger partial charge on any atom is -0.507 e. The van der Waals surface area contributed by atoms with E-state index in [1.54, 1.807) is 11.4 Å². The van der Waals surface area contributed by atoms with Crippen LogP contribution in [-0.2, 0) is 19.6 Å². The van der Waals surface area contributed by atoms with Gasteiger partial charge < -0.3 is 15.2 Å². The van der Waals surface area contributed by atoms with Gasteiger partial charge in [-0.15, -0.1) is 11.3 Å². The second kappa shape index (κ2) is 10.6. The number of phenolic OH excluding ortho intramolecular Hbond substituents is 1. The van der Waals surface area contributed by atoms with Crippen LogP contribution < -0.4 is 10.0 Å². The smallest absolute Gasteiger partial charge is 0.342 e. The molecule has 10 heteroatoms. The van der Waals surface area contributed by atoms with E-state index in [0.29, 0.717) is 0 Å². The zero-order valence-corrected chi connectivity index (χ0v) is 18.6. The number of hydrogen-bond acceptors (Lipinski definition) is 7. The van der Waals surface area contributed by atoms with Crippen molar-refractivity contribution in [3.63, 3.8) is 0 Å². The summed E-state index contributed by atoms with van der Waals surface area (Å²) in [6, 6.07) is 6.88. The molecule has 168 valence electrons. The highest BCUT2D eigenvalue weighted by molar-refractivity contribution is 7.94. The highest BCUT2D eigenvalue weighted by atomic mass is 32.2. The quantitative estimate of drug-likeness (QED) is 0.536. The topological polar surface area (TPSA) is 122 Å². The molecule has 3 N–H and O–H groups in total. The van der Waals surface area contributed by atoms with Crippen LogP contribution in [0.4, 0.5) is 5.69 Å². The molecule has 1 aromatic heterocycles. The van der Waals surface area contributed by atoms with E-state index in [2.05, 4.69) is 10.0 Å². The van der Waals surface area contributed by atoms with Gasteiger partial charge in [0.1, 0.15) is 15.5 Å². The third kappa shape index (κ3) is 6.70. The van der Waals surface area contributed by atoms with Crippen LogP contribution in [0.2, 0.25) is 0 Å². The van der Waals surface area contributed by atoms with Crippen LogP contribution >= 0.6 is 11.3 Å². The van der Waals surface area contributed by atoms with Gasteiger partial charge in [-0.3, -0.25) is 9.52 Å². The number of ether oxygens (including phenoxy) is 1. The second-order valence-electron chi connectivity index (χ2n) is 7.46. The summed E-state index contributed by atoms with van der Waals surface area (Å²) in [5.41, 5.74) is -0.0534. The van der Waals surface area contributed by atoms with E-state index in [1.807, 2.05) is 0 Å². The largest absolute Gasteiger partial charge is 0.507 e. The minimum atomic E-state index is -3.77. The zero-order chi connectivity index (χ0) is 22.3. The summed E-state index contributed by atoms with van der Waals surface area (Å²) in [6.45, 7) is -0.443. The number of carbonyl (C=O) groups excluding carboxylic acids is 2. The van der Waals surface area contributed by atoms with Crippen LogP contribution in [0.15, 0.2) is 39.9 Å². The number of esters is 1. The van der Waals surface area contributed by atoms with Gasteiger partial charge in [-0.05, 0) is 36.4 Å². The van der Waals surface area contributed by atoms with Crippen molar-refractivity contribution in [3.8, 4) is 5.75 Å². The fourth-order valence-corrected chi connectivity index (χ4v) is 5.51. The lowest BCUT2D eigenvalue weighted by molar-refractivity contribution is -0.125. The van der Waals surface area contributed by atoms with Crippen LogP contribution in [0.1, 0.15) is 55.3 Å². The molecule has 8 nitrogen and oxygen atoms in total. The van der Waals surface area contributed by atoms with Gasteiger partial charge in [0.25, 0.3) is 15.9 Å². The summed E-state index contributed by atoms with van der Waals surface area (Å²) >= 11 is 1.06. The van der Waals surface area contributed by atoms with Gasteiger partial charge in [0.15, 0.2) is 6.61 Å². The van der Waals surface area contributed by atoms with Crippen LogP contribution in [0.25, 0.3) is 0 Å². The Morgan fingerprint density at radius 1 is 1.10 bits per heavy atom. The van der Waals surface area contributed by atoms with Gasteiger partial charge >= 0.3 is 5.97 Å². The molecule has 1 aromatic carbocycles. The Morgan fingerprint density at radius 3 is 2.45 bits per heavy atom. The third-order valence-electron chi connectivity index (χ3n) is 5.03. The van der Waals surface area contributed by atoms with E-state index < -0.39 is 28.3 Å². The number of nitrogens with one attached hydrogen (secondary N) is 2. The van der Waals surface area contributed by atoms with Gasteiger partial charge in [-0.25, -0.2) is 13.2 Å². The summed E-state index contributed by atoms with van der Waals surface area (Å²) in [7, 11) is -3.77. The van der Waals surface area contributed by atoms with Crippen LogP contribution in [0.3, 0.4) is 0 Å². The van der Waals surface area contributed by atoms with Gasteiger partial charge in [0.05, 0.1) is 5.69 Å². The Balaban J connectivity index is 1.53. The maximum Gasteiger partial charge on any atom is 0.342 e. The lowest BCUT2D eigenvalue weighted by Crippen LogP contribution is -2.38. The molecule has 1 saturated carbocycles. The van der Waals surface area contributed by atoms with Gasteiger partial charge in [-0.2, -0.15) is 0 Å². The van der Waals surface area contributed by atoms with Crippen LogP contribution in [0.5, 0.6) is 5.75 Å². The molecule has 0 radical (unpaired) electrons. The zero-order valence-electron chi connectivity index (χ0n) is 17.0. The normalized spacial score (nSPS) is 15.5. The lowest BCUT2D eigenvalue weighted by atomic mass is 9.97. The first kappa shape index (κ1) is 23.1. The van der Waals surface area contributed by atoms with Crippen molar-refractivity contribution in [2.75, 3.05) is 11.3 Å². The predicted octanol–water partition coefficient (Wildman–Crippen LogP) is 3.64. The molecule has 0 saturated heterocycles. The molecule has 0 aliphatic heterocycles. The first-order chi connectivity index (χ1) is 14.8. The van der Waals surface area contributed by atoms with Gasteiger partial charge in [0.2, 0.25) is 0 Å². The van der Waals surface area contributed by atoms with E-state index in [4.69, 9.17) is 4.74 Å². The van der Waals surface area contributed by atoms with Crippen molar-refractivity contribution in [3.05, 3.63) is 41.3 Å². The molecule has 0 bridgehead atoms. The Bertz CT molecular complexity index is 997. The molecule has 1 fully saturated rings. The first-order valence-electron chi connectivity index (χ1n) is 10.2. The number of rotatable bonds is 7. The van der Waals surface area contributed by atoms with Crippen molar-refractivity contribution in [1.29, 1.82) is 0 Å². The standard InChI is InChI=1S/C21H26N2O6S2/c24-18-13-16(23-31(27,28)20-9-6-12-30-20)10-11-17(18)21(26)29-14-19(25)22-15-7-4-2-1-3-5-8-15/h6,9-13,15,23-24H,1-5,7-8,14H2,(H,22,25). The lowest BCUT2D eigenvalue weighted by Gasteiger charge is -2.20. The summed E-state index contributed by atoms with van der Waals surface area (Å²) < 4.78 is 32.0. The van der Waals surface area contributed by atoms with Crippen molar-refractivity contribution >= 4 is 38.9 Å². The monoisotopic (exact) mass is 466 g/mol. The molecular formula is C21H26N2O6S2. The minimum absolute atomic E-state index is 0.0931. The molecule has 0 spiro atoms. The number of thiophene rings is 1. The summed E-state index contributed by atoms with van der Waals surface area (Å²) in [6.07, 6.45) is 7.55. The van der Waals surface area contributed by atoms with Gasteiger partial charge in [-0.1, -0.05) is 38.2 Å². The van der Waals surface area contributed by atoms with Crippen LogP contribution in [0, 0.1) is 0 Å². The molecule has 1 amide bonds. The van der Waals surface area contributed by atoms with E-state index in [0.717, 1.165) is 43.1 Å². The van der Waals surface area contributed by atoms with E-state index >= 15 is 0 Å². The number of anilines is 1. The molecule has 1 aliphatic rings. The molecule has 1 heterocycles. The highest BCUT2D eigenvalue weighted by Gasteiger charge is 2.20. The fraction of sp³-hybridized carbons (Fsp3) is 0.429. The Kier molecular flexibility index (Phi) is 7.91. The molecule has 31 heavy (non-hydrogen) atoms. The molecule has 0 unspecified atom stereocenters. The maximum atomic E-state index is 12.3. The SMILES string of the molecule is O=C(COC(=O)c1ccc(NS(=O)(=O)c2cccs2)cc1O)NC1CCCCCCC1. The van der Waals surface area contributed by atoms with E-state index in [9.17, 15) is 23.1 Å². The molecule has 2 aromatic rings. The molecule has 1 aliphatic carbocycles. The number of hydrogen-bond donors (Lipinski definition) is 3. The fourth-order valence-electron chi connectivity index (χ4n) is 3.47. The van der Waals surface area contributed by atoms with Crippen molar-refractivity contribution < 1.29 is 27.9 Å². The van der Waals surface area contributed by atoms with Gasteiger partial charge in [0, 0.05) is 12.1 Å². The average molecular weight is 467 g/mol. The molecular weight excluding hydrogens is 440 g/mol. The highest BCUT2D eigenvalue weighted by Crippen LogP contribution is 2.26. The number of amides is 1. The molecule has 0 atom stereocenters. The van der Waals surface area contributed by atoms with Crippen LogP contribution in [-0.4, -0.2) is 38.0 Å².